The van der Waals surface area contributed by atoms with E-state index in [4.69, 9.17) is 10.6 Å². The minimum atomic E-state index is -2.88. The van der Waals surface area contributed by atoms with E-state index in [1.54, 1.807) is 0 Å². The summed E-state index contributed by atoms with van der Waals surface area (Å²) in [6.45, 7) is -2.06. The molecule has 0 aliphatic carbocycles. The topological polar surface area (TPSA) is 37.3 Å². The van der Waals surface area contributed by atoms with Gasteiger partial charge in [-0.1, -0.05) is 0 Å². The van der Waals surface area contributed by atoms with Crippen LogP contribution in [0.25, 0.3) is 0 Å². The van der Waals surface area contributed by atoms with Crippen molar-refractivity contribution in [1.82, 2.24) is 0 Å². The van der Waals surface area contributed by atoms with Gasteiger partial charge >= 0.3 is 0 Å². The van der Waals surface area contributed by atoms with E-state index in [0.29, 0.717) is 0 Å². The summed E-state index contributed by atoms with van der Waals surface area (Å²) in [5.74, 6) is -1.46. The van der Waals surface area contributed by atoms with Gasteiger partial charge in [0.1, 0.15) is 6.08 Å². The van der Waals surface area contributed by atoms with E-state index in [0.717, 1.165) is 6.92 Å². The van der Waals surface area contributed by atoms with Gasteiger partial charge in [-0.25, -0.2) is 0 Å². The van der Waals surface area contributed by atoms with Crippen LogP contribution in [-0.4, -0.2) is 17.0 Å². The summed E-state index contributed by atoms with van der Waals surface area (Å²) >= 11 is 0. The van der Waals surface area contributed by atoms with Crippen molar-refractivity contribution >= 4 is 5.78 Å². The minimum Gasteiger partial charge on any atom is -0.386 e. The lowest BCUT2D eigenvalue weighted by Crippen LogP contribution is -2.10. The van der Waals surface area contributed by atoms with Gasteiger partial charge in [0, 0.05) is 4.11 Å². The molecule has 0 bridgehead atoms. The highest BCUT2D eigenvalue weighted by atomic mass is 16.3. The standard InChI is InChI=1S/C4H8O2/c1-3(5)4(2)6/h3,5H,1-2H3/i2D3,3D. The summed E-state index contributed by atoms with van der Waals surface area (Å²) in [5, 5.41) is 8.58. The van der Waals surface area contributed by atoms with E-state index in [2.05, 4.69) is 0 Å². The highest BCUT2D eigenvalue weighted by Crippen LogP contribution is 1.76. The van der Waals surface area contributed by atoms with Gasteiger partial charge in [-0.3, -0.25) is 4.79 Å². The van der Waals surface area contributed by atoms with Crippen molar-refractivity contribution in [2.75, 3.05) is 0 Å². The molecule has 0 radical (unpaired) electrons. The largest absolute Gasteiger partial charge is 0.386 e. The Morgan fingerprint density at radius 3 is 2.83 bits per heavy atom. The van der Waals surface area contributed by atoms with E-state index in [-0.39, 0.29) is 0 Å². The summed E-state index contributed by atoms with van der Waals surface area (Å²) in [7, 11) is 0. The number of carbonyl (C=O) groups excluding carboxylic acids is 1. The van der Waals surface area contributed by atoms with Crippen LogP contribution in [0.5, 0.6) is 0 Å². The molecule has 1 N–H and O–H groups in total. The maximum Gasteiger partial charge on any atom is 0.157 e. The SMILES string of the molecule is [2H]C([2H])([2H])C(=O)C([2H])(C)O. The molecule has 0 fully saturated rings. The molecule has 2 heteroatoms. The molecule has 1 atom stereocenters. The van der Waals surface area contributed by atoms with Crippen molar-refractivity contribution in [2.24, 2.45) is 0 Å². The molecule has 0 heterocycles. The summed E-state index contributed by atoms with van der Waals surface area (Å²) in [4.78, 5) is 10.5. The first-order chi connectivity index (χ1) is 4.15. The second kappa shape index (κ2) is 1.92. The fraction of sp³-hybridized carbons (Fsp3) is 0.750. The fourth-order valence-electron chi connectivity index (χ4n) is 0. The van der Waals surface area contributed by atoms with Crippen molar-refractivity contribution in [2.45, 2.75) is 19.9 Å². The Morgan fingerprint density at radius 2 is 2.83 bits per heavy atom. The first kappa shape index (κ1) is 1.62. The van der Waals surface area contributed by atoms with E-state index in [9.17, 15) is 4.79 Å². The van der Waals surface area contributed by atoms with Crippen molar-refractivity contribution in [3.63, 3.8) is 0 Å². The quantitative estimate of drug-likeness (QED) is 0.492. The molecule has 36 valence electrons. The molecule has 0 amide bonds. The molecule has 0 saturated heterocycles. The highest BCUT2D eigenvalue weighted by molar-refractivity contribution is 5.79. The average molecular weight is 92.1 g/mol. The number of hydrogen-bond donors (Lipinski definition) is 1. The third-order valence-electron chi connectivity index (χ3n) is 0.329. The van der Waals surface area contributed by atoms with Crippen LogP contribution in [0.15, 0.2) is 0 Å². The highest BCUT2D eigenvalue weighted by Gasteiger charge is 1.97. The molecule has 0 spiro atoms. The molecule has 0 saturated carbocycles. The molecule has 0 aromatic heterocycles. The van der Waals surface area contributed by atoms with Gasteiger partial charge in [-0.05, 0) is 13.8 Å². The van der Waals surface area contributed by atoms with Crippen LogP contribution in [0.4, 0.5) is 0 Å². The van der Waals surface area contributed by atoms with Crippen LogP contribution < -0.4 is 0 Å². The fourth-order valence-corrected chi connectivity index (χ4v) is 0. The second-order valence-electron chi connectivity index (χ2n) is 0.915. The Kier molecular flexibility index (Phi) is 0.520. The van der Waals surface area contributed by atoms with Crippen molar-refractivity contribution < 1.29 is 15.4 Å². The smallest absolute Gasteiger partial charge is 0.157 e. The molecule has 0 rings (SSSR count). The van der Waals surface area contributed by atoms with E-state index < -0.39 is 18.7 Å². The number of ketones is 1. The zero-order chi connectivity index (χ0) is 8.58. The Hall–Kier alpha value is -0.370. The Labute approximate surface area is 42.4 Å². The lowest BCUT2D eigenvalue weighted by molar-refractivity contribution is -0.124. The van der Waals surface area contributed by atoms with E-state index >= 15 is 0 Å². The van der Waals surface area contributed by atoms with E-state index in [1.165, 1.54) is 0 Å². The molecular formula is C4H8O2. The zero-order valence-corrected chi connectivity index (χ0v) is 3.36. The third-order valence-corrected chi connectivity index (χ3v) is 0.329. The number of rotatable bonds is 1. The lowest BCUT2D eigenvalue weighted by atomic mass is 10.3. The number of hydrogen-bond acceptors (Lipinski definition) is 2. The Bertz CT molecular complexity index is 126. The van der Waals surface area contributed by atoms with Crippen molar-refractivity contribution in [3.8, 4) is 0 Å². The van der Waals surface area contributed by atoms with Crippen LogP contribution in [0.1, 0.15) is 19.3 Å². The van der Waals surface area contributed by atoms with Crippen LogP contribution in [0.2, 0.25) is 0 Å². The third kappa shape index (κ3) is 1.91. The van der Waals surface area contributed by atoms with Crippen molar-refractivity contribution in [3.05, 3.63) is 0 Å². The van der Waals surface area contributed by atoms with Gasteiger partial charge in [0.25, 0.3) is 0 Å². The van der Waals surface area contributed by atoms with Crippen LogP contribution in [-0.2, 0) is 4.79 Å². The second-order valence-corrected chi connectivity index (χ2v) is 0.915. The number of Topliss-reactive ketones (excluding diaryl/α,β-unsaturated/α-hetero) is 1. The van der Waals surface area contributed by atoms with Gasteiger partial charge in [0.15, 0.2) is 5.78 Å². The normalized spacial score (nSPS) is 31.0. The molecule has 0 aliphatic heterocycles. The molecular weight excluding hydrogens is 80.0 g/mol. The molecule has 0 aliphatic rings. The Morgan fingerprint density at radius 1 is 2.33 bits per heavy atom. The van der Waals surface area contributed by atoms with Crippen molar-refractivity contribution in [1.29, 1.82) is 0 Å². The Balaban J connectivity index is 4.40. The predicted molar refractivity (Wildman–Crippen MR) is 22.4 cm³/mol. The zero-order valence-electron chi connectivity index (χ0n) is 7.36. The van der Waals surface area contributed by atoms with Gasteiger partial charge in [0.05, 0.1) is 1.37 Å². The summed E-state index contributed by atoms with van der Waals surface area (Å²) in [6.07, 6.45) is -2.51. The van der Waals surface area contributed by atoms with E-state index in [1.807, 2.05) is 0 Å². The van der Waals surface area contributed by atoms with Gasteiger partial charge in [-0.15, -0.1) is 0 Å². The maximum absolute atomic E-state index is 10.5. The number of aliphatic hydroxyl groups is 1. The van der Waals surface area contributed by atoms with Crippen LogP contribution >= 0.6 is 0 Å². The first-order valence-corrected chi connectivity index (χ1v) is 1.43. The molecule has 2 nitrogen and oxygen atoms in total. The number of carbonyl (C=O) groups is 1. The van der Waals surface area contributed by atoms with Crippen LogP contribution in [0, 0.1) is 0 Å². The van der Waals surface area contributed by atoms with Crippen LogP contribution in [0.3, 0.4) is 0 Å². The van der Waals surface area contributed by atoms with Gasteiger partial charge < -0.3 is 5.11 Å². The molecule has 1 unspecified atom stereocenters. The van der Waals surface area contributed by atoms with Gasteiger partial charge in [-0.2, -0.15) is 0 Å². The average Bonchev–Trinajstić information content (AvgIpc) is 1.59. The maximum atomic E-state index is 10.5. The van der Waals surface area contributed by atoms with Gasteiger partial charge in [0.2, 0.25) is 0 Å². The molecule has 0 aromatic rings. The summed E-state index contributed by atoms with van der Waals surface area (Å²) < 4.78 is 26.1. The molecule has 6 heavy (non-hydrogen) atoms. The predicted octanol–water partition coefficient (Wildman–Crippen LogP) is -0.0438. The first-order valence-electron chi connectivity index (χ1n) is 3.43. The monoisotopic (exact) mass is 92.1 g/mol. The summed E-state index contributed by atoms with van der Waals surface area (Å²) in [6, 6.07) is 0. The lowest BCUT2D eigenvalue weighted by Gasteiger charge is -1.90. The minimum absolute atomic E-state index is 0.821. The molecule has 0 aromatic carbocycles. The summed E-state index contributed by atoms with van der Waals surface area (Å²) in [5.41, 5.74) is 0.